The molecule has 14 heavy (non-hydrogen) atoms. The first-order valence-electron chi connectivity index (χ1n) is 5.04. The van der Waals surface area contributed by atoms with Gasteiger partial charge in [0.25, 0.3) is 0 Å². The Kier molecular flexibility index (Phi) is 4.40. The van der Waals surface area contributed by atoms with Crippen LogP contribution in [-0.2, 0) is 0 Å². The molecule has 1 aromatic rings. The lowest BCUT2D eigenvalue weighted by Gasteiger charge is -2.07. The van der Waals surface area contributed by atoms with Crippen molar-refractivity contribution in [1.82, 2.24) is 4.98 Å². The topological polar surface area (TPSA) is 45.1 Å². The van der Waals surface area contributed by atoms with Gasteiger partial charge in [-0.15, -0.1) is 0 Å². The second-order valence-electron chi connectivity index (χ2n) is 3.64. The Morgan fingerprint density at radius 3 is 2.71 bits per heavy atom. The van der Waals surface area contributed by atoms with Crippen molar-refractivity contribution in [1.29, 1.82) is 0 Å². The Hall–Kier alpha value is -1.09. The largest absolute Gasteiger partial charge is 0.396 e. The smallest absolute Gasteiger partial charge is 0.125 e. The minimum absolute atomic E-state index is 0.219. The van der Waals surface area contributed by atoms with E-state index in [2.05, 4.69) is 30.2 Å². The minimum Gasteiger partial charge on any atom is -0.396 e. The van der Waals surface area contributed by atoms with Crippen molar-refractivity contribution < 1.29 is 5.11 Å². The van der Waals surface area contributed by atoms with Gasteiger partial charge >= 0.3 is 0 Å². The lowest BCUT2D eigenvalue weighted by atomic mass is 10.1. The van der Waals surface area contributed by atoms with Crippen LogP contribution in [0.2, 0.25) is 0 Å². The van der Waals surface area contributed by atoms with Crippen molar-refractivity contribution >= 4 is 5.82 Å². The van der Waals surface area contributed by atoms with Gasteiger partial charge in [0.05, 0.1) is 0 Å². The van der Waals surface area contributed by atoms with E-state index in [0.29, 0.717) is 5.92 Å². The number of aliphatic hydroxyl groups excluding tert-OH is 1. The molecule has 0 fully saturated rings. The minimum atomic E-state index is 0.219. The number of rotatable bonds is 5. The molecule has 0 amide bonds. The zero-order valence-electron chi connectivity index (χ0n) is 8.83. The van der Waals surface area contributed by atoms with E-state index in [1.807, 2.05) is 12.3 Å². The van der Waals surface area contributed by atoms with E-state index in [-0.39, 0.29) is 6.61 Å². The molecule has 0 saturated carbocycles. The van der Waals surface area contributed by atoms with Crippen LogP contribution in [0.1, 0.15) is 31.7 Å². The van der Waals surface area contributed by atoms with Crippen LogP contribution in [0.3, 0.4) is 0 Å². The normalized spacial score (nSPS) is 10.6. The molecule has 0 aromatic carbocycles. The molecular formula is C11H18N2O. The summed E-state index contributed by atoms with van der Waals surface area (Å²) in [6, 6.07) is 4.06. The van der Waals surface area contributed by atoms with Crippen LogP contribution in [0.5, 0.6) is 0 Å². The van der Waals surface area contributed by atoms with Crippen LogP contribution in [0.25, 0.3) is 0 Å². The average molecular weight is 194 g/mol. The number of anilines is 1. The maximum atomic E-state index is 8.60. The first-order chi connectivity index (χ1) is 6.74. The number of aromatic nitrogens is 1. The molecule has 3 heteroatoms. The summed E-state index contributed by atoms with van der Waals surface area (Å²) in [5.41, 5.74) is 1.25. The van der Waals surface area contributed by atoms with Crippen molar-refractivity contribution in [3.8, 4) is 0 Å². The fourth-order valence-corrected chi connectivity index (χ4v) is 1.15. The molecule has 0 unspecified atom stereocenters. The lowest BCUT2D eigenvalue weighted by Crippen LogP contribution is -2.05. The maximum absolute atomic E-state index is 8.60. The summed E-state index contributed by atoms with van der Waals surface area (Å²) in [6.45, 7) is 5.29. The van der Waals surface area contributed by atoms with E-state index < -0.39 is 0 Å². The summed E-state index contributed by atoms with van der Waals surface area (Å²) < 4.78 is 0. The molecule has 2 N–H and O–H groups in total. The standard InChI is InChI=1S/C11H18N2O/c1-9(2)10-4-5-11(13-8-10)12-6-3-7-14/h4-5,8-9,14H,3,6-7H2,1-2H3,(H,12,13). The van der Waals surface area contributed by atoms with Gasteiger partial charge in [-0.1, -0.05) is 19.9 Å². The highest BCUT2D eigenvalue weighted by Gasteiger charge is 1.99. The van der Waals surface area contributed by atoms with Gasteiger partial charge in [0, 0.05) is 19.3 Å². The first kappa shape index (κ1) is 11.0. The second kappa shape index (κ2) is 5.60. The van der Waals surface area contributed by atoms with E-state index in [1.165, 1.54) is 5.56 Å². The predicted molar refractivity (Wildman–Crippen MR) is 58.5 cm³/mol. The molecular weight excluding hydrogens is 176 g/mol. The van der Waals surface area contributed by atoms with Crippen molar-refractivity contribution in [2.24, 2.45) is 0 Å². The lowest BCUT2D eigenvalue weighted by molar-refractivity contribution is 0.292. The number of pyridine rings is 1. The molecule has 3 nitrogen and oxygen atoms in total. The van der Waals surface area contributed by atoms with Crippen LogP contribution in [-0.4, -0.2) is 23.2 Å². The van der Waals surface area contributed by atoms with Gasteiger partial charge < -0.3 is 10.4 Å². The SMILES string of the molecule is CC(C)c1ccc(NCCCO)nc1. The highest BCUT2D eigenvalue weighted by Crippen LogP contribution is 2.14. The van der Waals surface area contributed by atoms with Crippen molar-refractivity contribution in [2.45, 2.75) is 26.2 Å². The van der Waals surface area contributed by atoms with Gasteiger partial charge in [0.2, 0.25) is 0 Å². The fourth-order valence-electron chi connectivity index (χ4n) is 1.15. The van der Waals surface area contributed by atoms with Crippen molar-refractivity contribution in [3.05, 3.63) is 23.9 Å². The van der Waals surface area contributed by atoms with Gasteiger partial charge in [-0.25, -0.2) is 4.98 Å². The van der Waals surface area contributed by atoms with Crippen LogP contribution >= 0.6 is 0 Å². The van der Waals surface area contributed by atoms with Crippen LogP contribution in [0, 0.1) is 0 Å². The highest BCUT2D eigenvalue weighted by atomic mass is 16.3. The molecule has 1 heterocycles. The third kappa shape index (κ3) is 3.34. The highest BCUT2D eigenvalue weighted by molar-refractivity contribution is 5.35. The summed E-state index contributed by atoms with van der Waals surface area (Å²) in [7, 11) is 0. The van der Waals surface area contributed by atoms with Gasteiger partial charge in [-0.2, -0.15) is 0 Å². The molecule has 0 aliphatic carbocycles. The first-order valence-corrected chi connectivity index (χ1v) is 5.04. The number of hydrogen-bond donors (Lipinski definition) is 2. The number of hydrogen-bond acceptors (Lipinski definition) is 3. The predicted octanol–water partition coefficient (Wildman–Crippen LogP) is 2.00. The summed E-state index contributed by atoms with van der Waals surface area (Å²) in [6.07, 6.45) is 2.65. The monoisotopic (exact) mass is 194 g/mol. The second-order valence-corrected chi connectivity index (χ2v) is 3.64. The van der Waals surface area contributed by atoms with Gasteiger partial charge in [-0.05, 0) is 24.0 Å². The molecule has 0 spiro atoms. The number of nitrogens with one attached hydrogen (secondary N) is 1. The molecule has 0 atom stereocenters. The van der Waals surface area contributed by atoms with Gasteiger partial charge in [0.1, 0.15) is 5.82 Å². The van der Waals surface area contributed by atoms with Crippen LogP contribution in [0.4, 0.5) is 5.82 Å². The Labute approximate surface area is 85.2 Å². The molecule has 1 aromatic heterocycles. The number of nitrogens with zero attached hydrogens (tertiary/aromatic N) is 1. The zero-order chi connectivity index (χ0) is 10.4. The van der Waals surface area contributed by atoms with E-state index in [0.717, 1.165) is 18.8 Å². The molecule has 0 radical (unpaired) electrons. The molecule has 0 aliphatic heterocycles. The van der Waals surface area contributed by atoms with E-state index in [1.54, 1.807) is 0 Å². The summed E-state index contributed by atoms with van der Waals surface area (Å²) in [5.74, 6) is 1.40. The number of aliphatic hydroxyl groups is 1. The molecule has 1 rings (SSSR count). The van der Waals surface area contributed by atoms with Crippen LogP contribution < -0.4 is 5.32 Å². The van der Waals surface area contributed by atoms with Crippen molar-refractivity contribution in [2.75, 3.05) is 18.5 Å². The third-order valence-corrected chi connectivity index (χ3v) is 2.09. The Morgan fingerprint density at radius 2 is 2.21 bits per heavy atom. The van der Waals surface area contributed by atoms with Gasteiger partial charge in [0.15, 0.2) is 0 Å². The maximum Gasteiger partial charge on any atom is 0.125 e. The average Bonchev–Trinajstić information content (AvgIpc) is 2.19. The van der Waals surface area contributed by atoms with E-state index >= 15 is 0 Å². The van der Waals surface area contributed by atoms with Gasteiger partial charge in [-0.3, -0.25) is 0 Å². The fraction of sp³-hybridized carbons (Fsp3) is 0.545. The molecule has 0 aliphatic rings. The van der Waals surface area contributed by atoms with E-state index in [9.17, 15) is 0 Å². The van der Waals surface area contributed by atoms with Crippen LogP contribution in [0.15, 0.2) is 18.3 Å². The molecule has 0 saturated heterocycles. The third-order valence-electron chi connectivity index (χ3n) is 2.09. The summed E-state index contributed by atoms with van der Waals surface area (Å²) in [5, 5.41) is 11.7. The molecule has 0 bridgehead atoms. The van der Waals surface area contributed by atoms with Crippen molar-refractivity contribution in [3.63, 3.8) is 0 Å². The molecule has 78 valence electrons. The summed E-state index contributed by atoms with van der Waals surface area (Å²) in [4.78, 5) is 4.28. The van der Waals surface area contributed by atoms with E-state index in [4.69, 9.17) is 5.11 Å². The Morgan fingerprint density at radius 1 is 1.43 bits per heavy atom. The quantitative estimate of drug-likeness (QED) is 0.705. The Bertz CT molecular complexity index is 256. The zero-order valence-corrected chi connectivity index (χ0v) is 8.83. The Balaban J connectivity index is 2.47. The summed E-state index contributed by atoms with van der Waals surface area (Å²) >= 11 is 0.